The van der Waals surface area contributed by atoms with Gasteiger partial charge in [-0.3, -0.25) is 4.79 Å². The molecule has 1 amide bonds. The first kappa shape index (κ1) is 16.0. The highest BCUT2D eigenvalue weighted by Gasteiger charge is 2.04. The Morgan fingerprint density at radius 3 is 2.92 bits per heavy atom. The molecule has 0 aliphatic carbocycles. The smallest absolute Gasteiger partial charge is 0.244 e. The maximum Gasteiger partial charge on any atom is 0.244 e. The number of rotatable bonds is 5. The minimum atomic E-state index is -0.337. The minimum Gasteiger partial charge on any atom is -0.361 e. The lowest BCUT2D eigenvalue weighted by atomic mass is 10.1. The first-order valence-corrected chi connectivity index (χ1v) is 7.90. The molecule has 3 rings (SSSR count). The molecule has 0 aliphatic heterocycles. The number of carbonyl (C=O) groups is 1. The number of fused-ring (bicyclic) bond motifs is 1. The molecule has 0 radical (unpaired) electrons. The van der Waals surface area contributed by atoms with Crippen LogP contribution in [0.15, 0.2) is 54.7 Å². The molecule has 3 nitrogen and oxygen atoms in total. The van der Waals surface area contributed by atoms with Crippen LogP contribution in [0, 0.1) is 12.7 Å². The molecule has 3 aromatic rings. The molecule has 2 N–H and O–H groups in total. The fourth-order valence-corrected chi connectivity index (χ4v) is 2.65. The third kappa shape index (κ3) is 3.71. The molecule has 24 heavy (non-hydrogen) atoms. The van der Waals surface area contributed by atoms with Crippen LogP contribution in [-0.4, -0.2) is 17.4 Å². The monoisotopic (exact) mass is 322 g/mol. The van der Waals surface area contributed by atoms with Crippen molar-refractivity contribution in [3.63, 3.8) is 0 Å². The summed E-state index contributed by atoms with van der Waals surface area (Å²) in [6.45, 7) is 2.59. The summed E-state index contributed by atoms with van der Waals surface area (Å²) in [5.41, 5.74) is 3.88. The van der Waals surface area contributed by atoms with E-state index in [1.807, 2.05) is 6.20 Å². The number of aromatic amines is 1. The number of aryl methyl sites for hydroxylation is 1. The number of hydrogen-bond donors (Lipinski definition) is 2. The molecule has 0 atom stereocenters. The zero-order valence-electron chi connectivity index (χ0n) is 13.5. The third-order valence-corrected chi connectivity index (χ3v) is 3.94. The Hall–Kier alpha value is -2.88. The van der Waals surface area contributed by atoms with Crippen molar-refractivity contribution in [3.05, 3.63) is 77.2 Å². The van der Waals surface area contributed by atoms with E-state index in [1.54, 1.807) is 18.2 Å². The summed E-state index contributed by atoms with van der Waals surface area (Å²) >= 11 is 0. The molecule has 0 aliphatic rings. The highest BCUT2D eigenvalue weighted by atomic mass is 19.1. The Balaban J connectivity index is 1.57. The van der Waals surface area contributed by atoms with Crippen LogP contribution in [0.2, 0.25) is 0 Å². The van der Waals surface area contributed by atoms with Gasteiger partial charge in [-0.25, -0.2) is 4.39 Å². The summed E-state index contributed by atoms with van der Waals surface area (Å²) in [5, 5.41) is 4.01. The highest BCUT2D eigenvalue weighted by molar-refractivity contribution is 5.91. The minimum absolute atomic E-state index is 0.228. The lowest BCUT2D eigenvalue weighted by Gasteiger charge is -2.02. The first-order valence-electron chi connectivity index (χ1n) is 7.90. The van der Waals surface area contributed by atoms with Crippen molar-refractivity contribution in [2.24, 2.45) is 0 Å². The lowest BCUT2D eigenvalue weighted by molar-refractivity contribution is -0.116. The van der Waals surface area contributed by atoms with Crippen molar-refractivity contribution in [1.82, 2.24) is 10.3 Å². The van der Waals surface area contributed by atoms with E-state index in [2.05, 4.69) is 35.4 Å². The van der Waals surface area contributed by atoms with Crippen LogP contribution in [-0.2, 0) is 11.2 Å². The number of amides is 1. The van der Waals surface area contributed by atoms with Crippen molar-refractivity contribution in [3.8, 4) is 0 Å². The Bertz CT molecular complexity index is 896. The van der Waals surface area contributed by atoms with Gasteiger partial charge in [0.2, 0.25) is 5.91 Å². The van der Waals surface area contributed by atoms with Crippen LogP contribution in [0.25, 0.3) is 17.0 Å². The number of benzene rings is 2. The van der Waals surface area contributed by atoms with Crippen molar-refractivity contribution in [1.29, 1.82) is 0 Å². The Kier molecular flexibility index (Phi) is 4.75. The zero-order valence-corrected chi connectivity index (χ0v) is 13.5. The number of H-pyrrole nitrogens is 1. The van der Waals surface area contributed by atoms with E-state index in [1.165, 1.54) is 34.7 Å². The van der Waals surface area contributed by atoms with Gasteiger partial charge in [0.1, 0.15) is 5.82 Å². The molecule has 0 bridgehead atoms. The first-order chi connectivity index (χ1) is 11.6. The van der Waals surface area contributed by atoms with Crippen LogP contribution >= 0.6 is 0 Å². The standard InChI is InChI=1S/C20H19FN2O/c1-14-6-8-19-17(12-14)16(13-23-19)10-11-22-20(24)9-7-15-4-2-3-5-18(15)21/h2-9,12-13,23H,10-11H2,1H3,(H,22,24). The van der Waals surface area contributed by atoms with E-state index in [0.717, 1.165) is 11.9 Å². The normalized spacial score (nSPS) is 11.2. The second-order valence-corrected chi connectivity index (χ2v) is 5.76. The second kappa shape index (κ2) is 7.13. The summed E-state index contributed by atoms with van der Waals surface area (Å²) in [6.07, 6.45) is 5.56. The third-order valence-electron chi connectivity index (χ3n) is 3.94. The maximum absolute atomic E-state index is 13.5. The van der Waals surface area contributed by atoms with Gasteiger partial charge in [-0.15, -0.1) is 0 Å². The number of halogens is 1. The van der Waals surface area contributed by atoms with Gasteiger partial charge in [0.05, 0.1) is 0 Å². The molecule has 0 saturated carbocycles. The lowest BCUT2D eigenvalue weighted by Crippen LogP contribution is -2.23. The molecule has 1 aromatic heterocycles. The van der Waals surface area contributed by atoms with Gasteiger partial charge >= 0.3 is 0 Å². The molecular weight excluding hydrogens is 303 g/mol. The van der Waals surface area contributed by atoms with Crippen LogP contribution in [0.1, 0.15) is 16.7 Å². The molecule has 0 fully saturated rings. The maximum atomic E-state index is 13.5. The van der Waals surface area contributed by atoms with Crippen LogP contribution in [0.4, 0.5) is 4.39 Å². The Morgan fingerprint density at radius 2 is 2.08 bits per heavy atom. The molecule has 1 heterocycles. The van der Waals surface area contributed by atoms with Gasteiger partial charge in [-0.1, -0.05) is 29.8 Å². The summed E-state index contributed by atoms with van der Waals surface area (Å²) < 4.78 is 13.5. The molecule has 2 aromatic carbocycles. The molecule has 122 valence electrons. The number of carbonyl (C=O) groups excluding carboxylic acids is 1. The molecular formula is C20H19FN2O. The Morgan fingerprint density at radius 1 is 1.25 bits per heavy atom. The van der Waals surface area contributed by atoms with E-state index >= 15 is 0 Å². The van der Waals surface area contributed by atoms with Crippen LogP contribution < -0.4 is 5.32 Å². The second-order valence-electron chi connectivity index (χ2n) is 5.76. The van der Waals surface area contributed by atoms with Crippen molar-refractivity contribution >= 4 is 22.9 Å². The van der Waals surface area contributed by atoms with Crippen molar-refractivity contribution in [2.45, 2.75) is 13.3 Å². The average molecular weight is 322 g/mol. The number of hydrogen-bond acceptors (Lipinski definition) is 1. The van der Waals surface area contributed by atoms with Gasteiger partial charge in [-0.05, 0) is 43.2 Å². The van der Waals surface area contributed by atoms with Gasteiger partial charge in [0.15, 0.2) is 0 Å². The average Bonchev–Trinajstić information content (AvgIpc) is 2.96. The fourth-order valence-electron chi connectivity index (χ4n) is 2.65. The number of aromatic nitrogens is 1. The summed E-state index contributed by atoms with van der Waals surface area (Å²) in [6, 6.07) is 12.6. The summed E-state index contributed by atoms with van der Waals surface area (Å²) in [5.74, 6) is -0.565. The summed E-state index contributed by atoms with van der Waals surface area (Å²) in [7, 11) is 0. The van der Waals surface area contributed by atoms with Gasteiger partial charge in [-0.2, -0.15) is 0 Å². The zero-order chi connectivity index (χ0) is 16.9. The van der Waals surface area contributed by atoms with E-state index in [9.17, 15) is 9.18 Å². The van der Waals surface area contributed by atoms with Gasteiger partial charge < -0.3 is 10.3 Å². The van der Waals surface area contributed by atoms with E-state index in [-0.39, 0.29) is 11.7 Å². The van der Waals surface area contributed by atoms with Crippen molar-refractivity contribution in [2.75, 3.05) is 6.54 Å². The highest BCUT2D eigenvalue weighted by Crippen LogP contribution is 2.19. The Labute approximate surface area is 140 Å². The quantitative estimate of drug-likeness (QED) is 0.686. The molecule has 0 saturated heterocycles. The molecule has 0 spiro atoms. The van der Waals surface area contributed by atoms with E-state index in [0.29, 0.717) is 12.1 Å². The molecule has 0 unspecified atom stereocenters. The predicted molar refractivity (Wildman–Crippen MR) is 95.2 cm³/mol. The van der Waals surface area contributed by atoms with Crippen LogP contribution in [0.5, 0.6) is 0 Å². The van der Waals surface area contributed by atoms with Crippen LogP contribution in [0.3, 0.4) is 0 Å². The predicted octanol–water partition coefficient (Wildman–Crippen LogP) is 3.99. The van der Waals surface area contributed by atoms with E-state index < -0.39 is 0 Å². The van der Waals surface area contributed by atoms with Gasteiger partial charge in [0.25, 0.3) is 0 Å². The SMILES string of the molecule is Cc1ccc2[nH]cc(CCNC(=O)C=Cc3ccccc3F)c2c1. The van der Waals surface area contributed by atoms with E-state index in [4.69, 9.17) is 0 Å². The largest absolute Gasteiger partial charge is 0.361 e. The topological polar surface area (TPSA) is 44.9 Å². The fraction of sp³-hybridized carbons (Fsp3) is 0.150. The molecule has 4 heteroatoms. The summed E-state index contributed by atoms with van der Waals surface area (Å²) in [4.78, 5) is 15.1. The van der Waals surface area contributed by atoms with Crippen molar-refractivity contribution < 1.29 is 9.18 Å². The van der Waals surface area contributed by atoms with Gasteiger partial charge in [0, 0.05) is 35.3 Å². The number of nitrogens with one attached hydrogen (secondary N) is 2.